The van der Waals surface area contributed by atoms with Gasteiger partial charge in [0.2, 0.25) is 0 Å². The van der Waals surface area contributed by atoms with E-state index >= 15 is 0 Å². The summed E-state index contributed by atoms with van der Waals surface area (Å²) < 4.78 is 0. The first-order chi connectivity index (χ1) is 13.0. The molecule has 0 N–H and O–H groups in total. The van der Waals surface area contributed by atoms with Crippen LogP contribution in [0.3, 0.4) is 0 Å². The number of Topliss-reactive ketones (excluding diaryl/α,β-unsaturated/α-hetero) is 2. The largest absolute Gasteiger partial charge is 0.294 e. The van der Waals surface area contributed by atoms with E-state index in [2.05, 4.69) is 4.98 Å². The van der Waals surface area contributed by atoms with Gasteiger partial charge in [0.15, 0.2) is 11.6 Å². The molecule has 1 aromatic heterocycles. The quantitative estimate of drug-likeness (QED) is 0.458. The van der Waals surface area contributed by atoms with E-state index in [1.807, 2.05) is 18.2 Å². The van der Waals surface area contributed by atoms with Crippen LogP contribution in [-0.2, 0) is 0 Å². The van der Waals surface area contributed by atoms with Crippen LogP contribution in [-0.4, -0.2) is 16.6 Å². The van der Waals surface area contributed by atoms with Crippen molar-refractivity contribution in [1.82, 2.24) is 4.98 Å². The maximum Gasteiger partial charge on any atom is 0.163 e. The molecule has 0 saturated carbocycles. The molecular formula is C22H17Cl2NO2. The Balaban J connectivity index is 1.81. The van der Waals surface area contributed by atoms with E-state index in [1.54, 1.807) is 54.7 Å². The molecule has 1 heterocycles. The smallest absolute Gasteiger partial charge is 0.163 e. The van der Waals surface area contributed by atoms with Gasteiger partial charge in [-0.15, -0.1) is 0 Å². The van der Waals surface area contributed by atoms with Gasteiger partial charge < -0.3 is 0 Å². The molecule has 0 aliphatic heterocycles. The molecule has 2 aromatic carbocycles. The van der Waals surface area contributed by atoms with E-state index in [9.17, 15) is 9.59 Å². The van der Waals surface area contributed by atoms with Gasteiger partial charge in [-0.2, -0.15) is 0 Å². The minimum atomic E-state index is -0.308. The van der Waals surface area contributed by atoms with Gasteiger partial charge in [0.05, 0.1) is 0 Å². The third-order valence-electron chi connectivity index (χ3n) is 4.30. The minimum absolute atomic E-state index is 0.0498. The van der Waals surface area contributed by atoms with Gasteiger partial charge in [-0.3, -0.25) is 14.6 Å². The Bertz CT molecular complexity index is 863. The fraction of sp³-hybridized carbons (Fsp3) is 0.136. The van der Waals surface area contributed by atoms with E-state index in [4.69, 9.17) is 23.2 Å². The molecule has 136 valence electrons. The van der Waals surface area contributed by atoms with Crippen LogP contribution < -0.4 is 0 Å². The highest BCUT2D eigenvalue weighted by molar-refractivity contribution is 6.31. The lowest BCUT2D eigenvalue weighted by Gasteiger charge is -2.15. The van der Waals surface area contributed by atoms with Gasteiger partial charge in [-0.25, -0.2) is 0 Å². The van der Waals surface area contributed by atoms with Gasteiger partial charge in [-0.1, -0.05) is 29.3 Å². The standard InChI is InChI=1S/C22H17Cl2NO2/c23-18-8-4-15(5-9-18)21(26)13-17(20-3-1-2-12-25-20)14-22(27)16-6-10-19(24)11-7-16/h1-12,17H,13-14H2. The van der Waals surface area contributed by atoms with Crippen LogP contribution in [0.4, 0.5) is 0 Å². The Kier molecular flexibility index (Phi) is 6.38. The summed E-state index contributed by atoms with van der Waals surface area (Å²) in [4.78, 5) is 29.8. The Morgan fingerprint density at radius 3 is 1.63 bits per heavy atom. The lowest BCUT2D eigenvalue weighted by Crippen LogP contribution is -2.13. The number of nitrogens with zero attached hydrogens (tertiary/aromatic N) is 1. The fourth-order valence-electron chi connectivity index (χ4n) is 2.85. The Hall–Kier alpha value is -2.49. The van der Waals surface area contributed by atoms with Crippen molar-refractivity contribution in [2.24, 2.45) is 0 Å². The number of hydrogen-bond acceptors (Lipinski definition) is 3. The first-order valence-corrected chi connectivity index (χ1v) is 9.27. The van der Waals surface area contributed by atoms with E-state index in [0.717, 1.165) is 5.69 Å². The molecule has 27 heavy (non-hydrogen) atoms. The summed E-state index contributed by atoms with van der Waals surface area (Å²) in [5.41, 5.74) is 1.86. The molecule has 0 fully saturated rings. The second-order valence-corrected chi connectivity index (χ2v) is 7.09. The molecule has 0 aliphatic carbocycles. The summed E-state index contributed by atoms with van der Waals surface area (Å²) in [7, 11) is 0. The molecule has 3 aromatic rings. The number of pyridine rings is 1. The van der Waals surface area contributed by atoms with Crippen molar-refractivity contribution in [1.29, 1.82) is 0 Å². The summed E-state index contributed by atoms with van der Waals surface area (Å²) in [6, 6.07) is 19.0. The van der Waals surface area contributed by atoms with Gasteiger partial charge in [0.25, 0.3) is 0 Å². The van der Waals surface area contributed by atoms with E-state index in [1.165, 1.54) is 0 Å². The normalized spacial score (nSPS) is 10.8. The first-order valence-electron chi connectivity index (χ1n) is 8.51. The highest BCUT2D eigenvalue weighted by Gasteiger charge is 2.22. The molecular weight excluding hydrogens is 381 g/mol. The molecule has 0 bridgehead atoms. The molecule has 5 heteroatoms. The number of aromatic nitrogens is 1. The van der Waals surface area contributed by atoms with Crippen LogP contribution in [0, 0.1) is 0 Å². The van der Waals surface area contributed by atoms with Crippen LogP contribution in [0.5, 0.6) is 0 Å². The third-order valence-corrected chi connectivity index (χ3v) is 4.81. The summed E-state index contributed by atoms with van der Waals surface area (Å²) >= 11 is 11.8. The van der Waals surface area contributed by atoms with Crippen LogP contribution >= 0.6 is 23.2 Å². The zero-order valence-corrected chi connectivity index (χ0v) is 16.0. The second kappa shape index (κ2) is 8.94. The predicted octanol–water partition coefficient (Wildman–Crippen LogP) is 6.02. The lowest BCUT2D eigenvalue weighted by molar-refractivity contribution is 0.0943. The topological polar surface area (TPSA) is 47.0 Å². The molecule has 0 amide bonds. The maximum absolute atomic E-state index is 12.7. The van der Waals surface area contributed by atoms with Gasteiger partial charge in [0.1, 0.15) is 0 Å². The van der Waals surface area contributed by atoms with Crippen LogP contribution in [0.25, 0.3) is 0 Å². The fourth-order valence-corrected chi connectivity index (χ4v) is 3.11. The first kappa shape index (κ1) is 19.3. The van der Waals surface area contributed by atoms with E-state index < -0.39 is 0 Å². The SMILES string of the molecule is O=C(CC(CC(=O)c1ccc(Cl)cc1)c1ccccn1)c1ccc(Cl)cc1. The van der Waals surface area contributed by atoms with Crippen molar-refractivity contribution in [2.45, 2.75) is 18.8 Å². The Morgan fingerprint density at radius 1 is 0.741 bits per heavy atom. The number of carbonyl (C=O) groups is 2. The number of hydrogen-bond donors (Lipinski definition) is 0. The zero-order valence-electron chi connectivity index (χ0n) is 14.4. The Labute approximate surface area is 168 Å². The maximum atomic E-state index is 12.7. The molecule has 0 atom stereocenters. The second-order valence-electron chi connectivity index (χ2n) is 6.22. The summed E-state index contributed by atoms with van der Waals surface area (Å²) in [6.45, 7) is 0. The van der Waals surface area contributed by atoms with Gasteiger partial charge in [-0.05, 0) is 60.7 Å². The average molecular weight is 398 g/mol. The van der Waals surface area contributed by atoms with Crippen molar-refractivity contribution in [3.63, 3.8) is 0 Å². The summed E-state index contributed by atoms with van der Waals surface area (Å²) in [5.74, 6) is -0.407. The molecule has 0 unspecified atom stereocenters. The predicted molar refractivity (Wildman–Crippen MR) is 108 cm³/mol. The van der Waals surface area contributed by atoms with Crippen molar-refractivity contribution in [3.8, 4) is 0 Å². The molecule has 0 saturated heterocycles. The highest BCUT2D eigenvalue weighted by atomic mass is 35.5. The van der Waals surface area contributed by atoms with Crippen LogP contribution in [0.2, 0.25) is 10.0 Å². The molecule has 0 spiro atoms. The van der Waals surface area contributed by atoms with Crippen molar-refractivity contribution in [3.05, 3.63) is 99.8 Å². The van der Waals surface area contributed by atoms with E-state index in [-0.39, 0.29) is 30.3 Å². The summed E-state index contributed by atoms with van der Waals surface area (Å²) in [5, 5.41) is 1.15. The zero-order chi connectivity index (χ0) is 19.2. The number of halogens is 2. The molecule has 3 rings (SSSR count). The monoisotopic (exact) mass is 397 g/mol. The van der Waals surface area contributed by atoms with Gasteiger partial charge >= 0.3 is 0 Å². The van der Waals surface area contributed by atoms with Crippen molar-refractivity contribution >= 4 is 34.8 Å². The van der Waals surface area contributed by atoms with Crippen molar-refractivity contribution < 1.29 is 9.59 Å². The lowest BCUT2D eigenvalue weighted by atomic mass is 9.89. The third kappa shape index (κ3) is 5.25. The number of benzene rings is 2. The number of ketones is 2. The summed E-state index contributed by atoms with van der Waals surface area (Å²) in [6.07, 6.45) is 2.05. The average Bonchev–Trinajstić information content (AvgIpc) is 2.69. The van der Waals surface area contributed by atoms with Crippen molar-refractivity contribution in [2.75, 3.05) is 0 Å². The van der Waals surface area contributed by atoms with E-state index in [0.29, 0.717) is 21.2 Å². The minimum Gasteiger partial charge on any atom is -0.294 e. The van der Waals surface area contributed by atoms with Crippen LogP contribution in [0.15, 0.2) is 72.9 Å². The molecule has 0 aliphatic rings. The number of carbonyl (C=O) groups excluding carboxylic acids is 2. The van der Waals surface area contributed by atoms with Crippen LogP contribution in [0.1, 0.15) is 45.2 Å². The highest BCUT2D eigenvalue weighted by Crippen LogP contribution is 2.26. The molecule has 0 radical (unpaired) electrons. The molecule has 3 nitrogen and oxygen atoms in total. The Morgan fingerprint density at radius 2 is 1.22 bits per heavy atom. The van der Waals surface area contributed by atoms with Gasteiger partial charge in [0, 0.05) is 51.8 Å². The number of rotatable bonds is 7.